The summed E-state index contributed by atoms with van der Waals surface area (Å²) in [4.78, 5) is 11.8. The Bertz CT molecular complexity index is 437. The zero-order chi connectivity index (χ0) is 12.3. The maximum absolute atomic E-state index is 11.6. The number of amides is 1. The predicted octanol–water partition coefficient (Wildman–Crippen LogP) is 2.85. The van der Waals surface area contributed by atoms with Crippen LogP contribution in [0.1, 0.15) is 6.92 Å². The Morgan fingerprint density at radius 2 is 2.12 bits per heavy atom. The zero-order valence-electron chi connectivity index (χ0n) is 8.46. The first-order chi connectivity index (χ1) is 7.41. The number of hydrogen-bond acceptors (Lipinski definition) is 2. The maximum atomic E-state index is 11.6. The van der Waals surface area contributed by atoms with Crippen molar-refractivity contribution in [3.63, 3.8) is 0 Å². The third kappa shape index (κ3) is 3.33. The largest absolute Gasteiger partial charge is 0.393 e. The molecule has 0 fully saturated rings. The van der Waals surface area contributed by atoms with Crippen molar-refractivity contribution in [3.05, 3.63) is 28.2 Å². The van der Waals surface area contributed by atoms with Crippen molar-refractivity contribution in [1.82, 2.24) is 0 Å². The molecule has 1 aromatic rings. The van der Waals surface area contributed by atoms with Gasteiger partial charge < -0.3 is 11.1 Å². The van der Waals surface area contributed by atoms with Crippen molar-refractivity contribution in [2.75, 3.05) is 5.32 Å². The summed E-state index contributed by atoms with van der Waals surface area (Å²) in [6.45, 7) is 1.63. The fourth-order valence-electron chi connectivity index (χ4n) is 0.961. The Balaban J connectivity index is 2.81. The highest BCUT2D eigenvalue weighted by molar-refractivity contribution is 7.80. The van der Waals surface area contributed by atoms with Gasteiger partial charge in [-0.3, -0.25) is 4.79 Å². The van der Waals surface area contributed by atoms with Crippen molar-refractivity contribution >= 4 is 52.0 Å². The molecular weight excluding hydrogens is 267 g/mol. The second-order valence-electron chi connectivity index (χ2n) is 3.24. The van der Waals surface area contributed by atoms with Gasteiger partial charge in [0.15, 0.2) is 0 Å². The van der Waals surface area contributed by atoms with Gasteiger partial charge in [0.05, 0.1) is 21.6 Å². The maximum Gasteiger partial charge on any atom is 0.234 e. The topological polar surface area (TPSA) is 55.1 Å². The first kappa shape index (κ1) is 13.2. The van der Waals surface area contributed by atoms with Crippen LogP contribution in [0, 0.1) is 5.92 Å². The van der Waals surface area contributed by atoms with Gasteiger partial charge in [0.25, 0.3) is 0 Å². The average Bonchev–Trinajstić information content (AvgIpc) is 2.20. The van der Waals surface area contributed by atoms with Crippen molar-refractivity contribution in [1.29, 1.82) is 0 Å². The second-order valence-corrected chi connectivity index (χ2v) is 4.55. The zero-order valence-corrected chi connectivity index (χ0v) is 10.8. The van der Waals surface area contributed by atoms with Crippen LogP contribution in [-0.4, -0.2) is 10.9 Å². The highest BCUT2D eigenvalue weighted by Gasteiger charge is 2.16. The lowest BCUT2D eigenvalue weighted by atomic mass is 10.1. The van der Waals surface area contributed by atoms with E-state index in [4.69, 9.17) is 41.2 Å². The Morgan fingerprint density at radius 3 is 2.62 bits per heavy atom. The van der Waals surface area contributed by atoms with E-state index in [2.05, 4.69) is 5.32 Å². The van der Waals surface area contributed by atoms with E-state index in [-0.39, 0.29) is 10.9 Å². The number of carbonyl (C=O) groups excluding carboxylic acids is 1. The molecule has 1 unspecified atom stereocenters. The number of anilines is 1. The first-order valence-corrected chi connectivity index (χ1v) is 5.63. The highest BCUT2D eigenvalue weighted by Crippen LogP contribution is 2.25. The molecule has 0 saturated carbocycles. The summed E-state index contributed by atoms with van der Waals surface area (Å²) in [5, 5.41) is 3.50. The van der Waals surface area contributed by atoms with Crippen molar-refractivity contribution in [2.24, 2.45) is 11.7 Å². The SMILES string of the molecule is CC(C(=O)Nc1ccc(Cl)cc1Cl)C(N)=S. The number of nitrogens with one attached hydrogen (secondary N) is 1. The molecule has 0 aliphatic heterocycles. The summed E-state index contributed by atoms with van der Waals surface area (Å²) >= 11 is 16.4. The monoisotopic (exact) mass is 276 g/mol. The summed E-state index contributed by atoms with van der Waals surface area (Å²) in [6.07, 6.45) is 0. The second kappa shape index (κ2) is 5.48. The first-order valence-electron chi connectivity index (χ1n) is 4.47. The van der Waals surface area contributed by atoms with Crippen LogP contribution in [-0.2, 0) is 4.79 Å². The number of carbonyl (C=O) groups is 1. The minimum Gasteiger partial charge on any atom is -0.393 e. The molecule has 1 aromatic carbocycles. The normalized spacial score (nSPS) is 11.9. The Kier molecular flexibility index (Phi) is 4.53. The van der Waals surface area contributed by atoms with E-state index in [1.54, 1.807) is 25.1 Å². The number of nitrogens with two attached hydrogens (primary N) is 1. The van der Waals surface area contributed by atoms with Crippen LogP contribution in [0.2, 0.25) is 10.0 Å². The summed E-state index contributed by atoms with van der Waals surface area (Å²) in [5.74, 6) is -0.835. The fraction of sp³-hybridized carbons (Fsp3) is 0.200. The van der Waals surface area contributed by atoms with Gasteiger partial charge in [-0.25, -0.2) is 0 Å². The molecule has 0 heterocycles. The van der Waals surface area contributed by atoms with Crippen molar-refractivity contribution < 1.29 is 4.79 Å². The van der Waals surface area contributed by atoms with E-state index in [9.17, 15) is 4.79 Å². The Labute approximate surface area is 109 Å². The predicted molar refractivity (Wildman–Crippen MR) is 71.0 cm³/mol. The van der Waals surface area contributed by atoms with Crippen LogP contribution in [0.4, 0.5) is 5.69 Å². The molecule has 0 saturated heterocycles. The minimum atomic E-state index is -0.540. The molecule has 0 aliphatic rings. The molecule has 0 bridgehead atoms. The van der Waals surface area contributed by atoms with E-state index in [0.717, 1.165) is 0 Å². The van der Waals surface area contributed by atoms with Gasteiger partial charge in [-0.2, -0.15) is 0 Å². The molecule has 6 heteroatoms. The van der Waals surface area contributed by atoms with Gasteiger partial charge in [-0.1, -0.05) is 35.4 Å². The smallest absolute Gasteiger partial charge is 0.234 e. The van der Waals surface area contributed by atoms with Crippen LogP contribution in [0.3, 0.4) is 0 Å². The average molecular weight is 277 g/mol. The van der Waals surface area contributed by atoms with E-state index in [0.29, 0.717) is 15.7 Å². The van der Waals surface area contributed by atoms with Crippen molar-refractivity contribution in [2.45, 2.75) is 6.92 Å². The van der Waals surface area contributed by atoms with Crippen LogP contribution in [0.25, 0.3) is 0 Å². The number of rotatable bonds is 3. The Hall–Kier alpha value is -0.840. The molecule has 0 aromatic heterocycles. The lowest BCUT2D eigenvalue weighted by Crippen LogP contribution is -2.30. The van der Waals surface area contributed by atoms with Crippen LogP contribution in [0.5, 0.6) is 0 Å². The molecule has 16 heavy (non-hydrogen) atoms. The van der Waals surface area contributed by atoms with Gasteiger partial charge in [0.1, 0.15) is 0 Å². The number of hydrogen-bond donors (Lipinski definition) is 2. The van der Waals surface area contributed by atoms with E-state index in [1.165, 1.54) is 0 Å². The van der Waals surface area contributed by atoms with E-state index >= 15 is 0 Å². The molecule has 0 aliphatic carbocycles. The molecule has 1 atom stereocenters. The lowest BCUT2D eigenvalue weighted by Gasteiger charge is -2.11. The van der Waals surface area contributed by atoms with E-state index < -0.39 is 5.92 Å². The van der Waals surface area contributed by atoms with Crippen molar-refractivity contribution in [3.8, 4) is 0 Å². The fourth-order valence-corrected chi connectivity index (χ4v) is 1.52. The summed E-state index contributed by atoms with van der Waals surface area (Å²) in [6, 6.07) is 4.80. The summed E-state index contributed by atoms with van der Waals surface area (Å²) < 4.78 is 0. The van der Waals surface area contributed by atoms with Gasteiger partial charge >= 0.3 is 0 Å². The molecule has 86 valence electrons. The van der Waals surface area contributed by atoms with Gasteiger partial charge in [0, 0.05) is 5.02 Å². The quantitative estimate of drug-likeness (QED) is 0.835. The van der Waals surface area contributed by atoms with Gasteiger partial charge in [0.2, 0.25) is 5.91 Å². The summed E-state index contributed by atoms with van der Waals surface area (Å²) in [5.41, 5.74) is 5.85. The van der Waals surface area contributed by atoms with E-state index in [1.807, 2.05) is 0 Å². The van der Waals surface area contributed by atoms with Gasteiger partial charge in [-0.05, 0) is 25.1 Å². The molecule has 1 amide bonds. The molecule has 3 N–H and O–H groups in total. The number of benzene rings is 1. The molecule has 3 nitrogen and oxygen atoms in total. The minimum absolute atomic E-state index is 0.141. The van der Waals surface area contributed by atoms with Crippen LogP contribution in [0.15, 0.2) is 18.2 Å². The Morgan fingerprint density at radius 1 is 1.50 bits per heavy atom. The molecule has 1 rings (SSSR count). The summed E-state index contributed by atoms with van der Waals surface area (Å²) in [7, 11) is 0. The third-order valence-electron chi connectivity index (χ3n) is 2.01. The molecule has 0 spiro atoms. The highest BCUT2D eigenvalue weighted by atomic mass is 35.5. The van der Waals surface area contributed by atoms with Crippen LogP contribution < -0.4 is 11.1 Å². The lowest BCUT2D eigenvalue weighted by molar-refractivity contribution is -0.117. The van der Waals surface area contributed by atoms with Crippen LogP contribution >= 0.6 is 35.4 Å². The number of thiocarbonyl (C=S) groups is 1. The molecular formula is C10H10Cl2N2OS. The number of halogens is 2. The molecule has 0 radical (unpaired) electrons. The van der Waals surface area contributed by atoms with Gasteiger partial charge in [-0.15, -0.1) is 0 Å². The standard InChI is InChI=1S/C10H10Cl2N2OS/c1-5(9(13)16)10(15)14-8-3-2-6(11)4-7(8)12/h2-5H,1H3,(H2,13,16)(H,14,15). The third-order valence-corrected chi connectivity index (χ3v) is 2.91.